The highest BCUT2D eigenvalue weighted by molar-refractivity contribution is 6.31. The number of hydrogen-bond donors (Lipinski definition) is 1. The smallest absolute Gasteiger partial charge is 0.212 e. The van der Waals surface area contributed by atoms with Crippen LogP contribution in [0.4, 0.5) is 0 Å². The third kappa shape index (κ3) is 3.74. The van der Waals surface area contributed by atoms with Crippen molar-refractivity contribution in [1.29, 1.82) is 0 Å². The molecule has 0 aliphatic carbocycles. The summed E-state index contributed by atoms with van der Waals surface area (Å²) in [6.07, 6.45) is 1.77. The Morgan fingerprint density at radius 2 is 1.93 bits per heavy atom. The maximum atomic E-state index is 10.4. The van der Waals surface area contributed by atoms with Gasteiger partial charge in [0.25, 0.3) is 0 Å². The number of nitrogens with zero attached hydrogens (tertiary/aromatic N) is 2. The molecule has 0 unspecified atom stereocenters. The van der Waals surface area contributed by atoms with Gasteiger partial charge < -0.3 is 19.1 Å². The number of pyridine rings is 1. The number of aromatic nitrogens is 2. The quantitative estimate of drug-likeness (QED) is 0.438. The molecule has 30 heavy (non-hydrogen) atoms. The average Bonchev–Trinajstić information content (AvgIpc) is 3.08. The SMILES string of the molecule is CCOc1ccc2c(-c3ccc(OC)nc3)c(CO)n(Cc3ccccc3Cl)c2c1. The highest BCUT2D eigenvalue weighted by Gasteiger charge is 2.20. The molecule has 0 aliphatic heterocycles. The van der Waals surface area contributed by atoms with Crippen molar-refractivity contribution in [2.75, 3.05) is 13.7 Å². The summed E-state index contributed by atoms with van der Waals surface area (Å²) in [5, 5.41) is 12.1. The van der Waals surface area contributed by atoms with Crippen LogP contribution in [0, 0.1) is 0 Å². The first kappa shape index (κ1) is 20.3. The van der Waals surface area contributed by atoms with Crippen LogP contribution in [0.5, 0.6) is 11.6 Å². The van der Waals surface area contributed by atoms with E-state index in [9.17, 15) is 5.11 Å². The molecule has 0 saturated carbocycles. The van der Waals surface area contributed by atoms with E-state index in [-0.39, 0.29) is 6.61 Å². The molecule has 6 heteroatoms. The van der Waals surface area contributed by atoms with Gasteiger partial charge in [-0.15, -0.1) is 0 Å². The average molecular weight is 423 g/mol. The fraction of sp³-hybridized carbons (Fsp3) is 0.208. The van der Waals surface area contributed by atoms with Gasteiger partial charge in [-0.25, -0.2) is 4.98 Å². The molecule has 2 aromatic heterocycles. The number of benzene rings is 2. The molecular formula is C24H23ClN2O3. The molecule has 0 saturated heterocycles. The summed E-state index contributed by atoms with van der Waals surface area (Å²) < 4.78 is 13.0. The van der Waals surface area contributed by atoms with Gasteiger partial charge in [-0.3, -0.25) is 0 Å². The predicted molar refractivity (Wildman–Crippen MR) is 119 cm³/mol. The van der Waals surface area contributed by atoms with Crippen LogP contribution in [-0.2, 0) is 13.2 Å². The zero-order chi connectivity index (χ0) is 21.1. The van der Waals surface area contributed by atoms with Gasteiger partial charge in [0.05, 0.1) is 31.5 Å². The molecule has 2 heterocycles. The molecule has 0 fully saturated rings. The molecule has 0 atom stereocenters. The zero-order valence-electron chi connectivity index (χ0n) is 16.9. The van der Waals surface area contributed by atoms with Gasteiger partial charge in [-0.1, -0.05) is 29.8 Å². The van der Waals surface area contributed by atoms with Gasteiger partial charge in [-0.2, -0.15) is 0 Å². The Labute approximate surface area is 180 Å². The van der Waals surface area contributed by atoms with Crippen LogP contribution in [0.25, 0.3) is 22.0 Å². The molecule has 4 aromatic rings. The Hall–Kier alpha value is -3.02. The summed E-state index contributed by atoms with van der Waals surface area (Å²) in [6, 6.07) is 17.5. The van der Waals surface area contributed by atoms with E-state index >= 15 is 0 Å². The van der Waals surface area contributed by atoms with Crippen LogP contribution in [0.1, 0.15) is 18.2 Å². The van der Waals surface area contributed by atoms with E-state index in [1.54, 1.807) is 13.3 Å². The number of fused-ring (bicyclic) bond motifs is 1. The van der Waals surface area contributed by atoms with Gasteiger partial charge in [0, 0.05) is 46.4 Å². The van der Waals surface area contributed by atoms with Crippen LogP contribution >= 0.6 is 11.6 Å². The molecular weight excluding hydrogens is 400 g/mol. The topological polar surface area (TPSA) is 56.5 Å². The molecule has 0 spiro atoms. The lowest BCUT2D eigenvalue weighted by Gasteiger charge is -2.12. The lowest BCUT2D eigenvalue weighted by Crippen LogP contribution is -2.06. The number of aliphatic hydroxyl groups is 1. The van der Waals surface area contributed by atoms with Crippen LogP contribution < -0.4 is 9.47 Å². The second-order valence-corrected chi connectivity index (χ2v) is 7.27. The summed E-state index contributed by atoms with van der Waals surface area (Å²) in [5.41, 5.74) is 4.60. The van der Waals surface area contributed by atoms with E-state index in [0.29, 0.717) is 24.1 Å². The summed E-state index contributed by atoms with van der Waals surface area (Å²) >= 11 is 6.43. The number of aliphatic hydroxyl groups excluding tert-OH is 1. The van der Waals surface area contributed by atoms with Gasteiger partial charge in [0.1, 0.15) is 5.75 Å². The summed E-state index contributed by atoms with van der Waals surface area (Å²) in [4.78, 5) is 4.35. The van der Waals surface area contributed by atoms with Crippen LogP contribution in [0.15, 0.2) is 60.8 Å². The summed E-state index contributed by atoms with van der Waals surface area (Å²) in [6.45, 7) is 2.95. The van der Waals surface area contributed by atoms with Crippen molar-refractivity contribution >= 4 is 22.5 Å². The first-order chi connectivity index (χ1) is 14.7. The maximum absolute atomic E-state index is 10.4. The molecule has 0 aliphatic rings. The first-order valence-corrected chi connectivity index (χ1v) is 10.2. The molecule has 0 amide bonds. The van der Waals surface area contributed by atoms with E-state index in [4.69, 9.17) is 21.1 Å². The summed E-state index contributed by atoms with van der Waals surface area (Å²) in [7, 11) is 1.59. The monoisotopic (exact) mass is 422 g/mol. The zero-order valence-corrected chi connectivity index (χ0v) is 17.7. The van der Waals surface area contributed by atoms with Crippen molar-refractivity contribution in [1.82, 2.24) is 9.55 Å². The fourth-order valence-electron chi connectivity index (χ4n) is 3.75. The van der Waals surface area contributed by atoms with Gasteiger partial charge in [0.2, 0.25) is 5.88 Å². The number of hydrogen-bond acceptors (Lipinski definition) is 4. The maximum Gasteiger partial charge on any atom is 0.212 e. The van der Waals surface area contributed by atoms with Crippen molar-refractivity contribution in [2.24, 2.45) is 0 Å². The van der Waals surface area contributed by atoms with Crippen LogP contribution in [0.2, 0.25) is 5.02 Å². The normalized spacial score (nSPS) is 11.1. The Kier molecular flexibility index (Phi) is 5.93. The lowest BCUT2D eigenvalue weighted by atomic mass is 10.0. The number of rotatable bonds is 7. The predicted octanol–water partition coefficient (Wildman–Crippen LogP) is 5.30. The molecule has 5 nitrogen and oxygen atoms in total. The minimum Gasteiger partial charge on any atom is -0.494 e. The third-order valence-corrected chi connectivity index (χ3v) is 5.49. The Balaban J connectivity index is 1.95. The van der Waals surface area contributed by atoms with Gasteiger partial charge in [-0.05, 0) is 36.8 Å². The molecule has 4 rings (SSSR count). The minimum atomic E-state index is -0.121. The number of ether oxygens (including phenoxy) is 2. The van der Waals surface area contributed by atoms with E-state index < -0.39 is 0 Å². The second kappa shape index (κ2) is 8.78. The third-order valence-electron chi connectivity index (χ3n) is 5.12. The van der Waals surface area contributed by atoms with Gasteiger partial charge >= 0.3 is 0 Å². The lowest BCUT2D eigenvalue weighted by molar-refractivity contribution is 0.273. The Bertz CT molecular complexity index is 1170. The van der Waals surface area contributed by atoms with E-state index in [0.717, 1.165) is 39.0 Å². The second-order valence-electron chi connectivity index (χ2n) is 6.86. The van der Waals surface area contributed by atoms with E-state index in [2.05, 4.69) is 9.55 Å². The fourth-order valence-corrected chi connectivity index (χ4v) is 3.95. The molecule has 0 bridgehead atoms. The highest BCUT2D eigenvalue weighted by atomic mass is 35.5. The standard InChI is InChI=1S/C24H23ClN2O3/c1-3-30-18-9-10-19-21(12-18)27(14-17-6-4-5-7-20(17)25)22(15-28)24(19)16-8-11-23(29-2)26-13-16/h4-13,28H,3,14-15H2,1-2H3. The minimum absolute atomic E-state index is 0.121. The van der Waals surface area contributed by atoms with Crippen LogP contribution in [-0.4, -0.2) is 28.4 Å². The van der Waals surface area contributed by atoms with Gasteiger partial charge in [0.15, 0.2) is 0 Å². The number of methoxy groups -OCH3 is 1. The van der Waals surface area contributed by atoms with Crippen LogP contribution in [0.3, 0.4) is 0 Å². The Morgan fingerprint density at radius 1 is 1.10 bits per heavy atom. The molecule has 154 valence electrons. The van der Waals surface area contributed by atoms with E-state index in [1.165, 1.54) is 0 Å². The first-order valence-electron chi connectivity index (χ1n) is 9.78. The van der Waals surface area contributed by atoms with Crippen molar-refractivity contribution in [3.8, 4) is 22.8 Å². The number of halogens is 1. The van der Waals surface area contributed by atoms with Crippen molar-refractivity contribution in [2.45, 2.75) is 20.1 Å². The van der Waals surface area contributed by atoms with Crippen molar-refractivity contribution in [3.05, 3.63) is 77.1 Å². The highest BCUT2D eigenvalue weighted by Crippen LogP contribution is 2.38. The summed E-state index contributed by atoms with van der Waals surface area (Å²) in [5.74, 6) is 1.33. The van der Waals surface area contributed by atoms with Crippen molar-refractivity contribution < 1.29 is 14.6 Å². The Morgan fingerprint density at radius 3 is 2.60 bits per heavy atom. The molecule has 1 N–H and O–H groups in total. The van der Waals surface area contributed by atoms with Crippen molar-refractivity contribution in [3.63, 3.8) is 0 Å². The largest absolute Gasteiger partial charge is 0.494 e. The molecule has 2 aromatic carbocycles. The molecule has 0 radical (unpaired) electrons. The van der Waals surface area contributed by atoms with E-state index in [1.807, 2.05) is 61.5 Å².